The van der Waals surface area contributed by atoms with E-state index in [-0.39, 0.29) is 55.7 Å². The SMILES string of the molecule is CC(C)(C)c1cc(-c2cc(-c3cc(C(C)(C)C)ccn3)ccc2-c2ccccc2C2CC(c3ccccc3-c3ccc(-c4cc(C(C)(C)C)ccn4)cc3)CC(c3ccccc3-c3ccc(-c4cc(C(C)(C)C)ccn4)cc3-c3cc(C(C)(C)C)cc(C(C)(C)C)c3)C2)cc(C(C)(C)C)c1. The van der Waals surface area contributed by atoms with Gasteiger partial charge in [0.05, 0.1) is 17.1 Å². The van der Waals surface area contributed by atoms with Crippen LogP contribution in [0.15, 0.2) is 225 Å². The van der Waals surface area contributed by atoms with E-state index in [1.807, 2.05) is 18.6 Å². The summed E-state index contributed by atoms with van der Waals surface area (Å²) in [6.45, 7) is 48.8. The number of benzene rings is 8. The van der Waals surface area contributed by atoms with Crippen molar-refractivity contribution in [3.8, 4) is 89.4 Å². The van der Waals surface area contributed by atoms with Gasteiger partial charge in [-0.2, -0.15) is 0 Å². The summed E-state index contributed by atoms with van der Waals surface area (Å²) in [4.78, 5) is 15.1. The largest absolute Gasteiger partial charge is 0.256 e. The van der Waals surface area contributed by atoms with E-state index in [0.29, 0.717) is 0 Å². The van der Waals surface area contributed by atoms with Gasteiger partial charge >= 0.3 is 0 Å². The van der Waals surface area contributed by atoms with Crippen molar-refractivity contribution >= 4 is 0 Å². The summed E-state index contributed by atoms with van der Waals surface area (Å²) >= 11 is 0. The van der Waals surface area contributed by atoms with Crippen LogP contribution >= 0.6 is 0 Å². The first-order chi connectivity index (χ1) is 46.9. The Bertz CT molecular complexity index is 4490. The third-order valence-corrected chi connectivity index (χ3v) is 21.4. The maximum atomic E-state index is 5.10. The average molecular weight is 1320 g/mol. The van der Waals surface area contributed by atoms with Gasteiger partial charge in [-0.05, 0) is 235 Å². The van der Waals surface area contributed by atoms with Gasteiger partial charge in [0.25, 0.3) is 0 Å². The van der Waals surface area contributed by atoms with Crippen molar-refractivity contribution in [1.82, 2.24) is 15.0 Å². The van der Waals surface area contributed by atoms with Crippen LogP contribution in [-0.4, -0.2) is 15.0 Å². The van der Waals surface area contributed by atoms with Crippen LogP contribution in [0.1, 0.15) is 238 Å². The monoisotopic (exact) mass is 1320 g/mol. The van der Waals surface area contributed by atoms with Crippen LogP contribution in [0.25, 0.3) is 89.4 Å². The zero-order valence-electron chi connectivity index (χ0n) is 64.1. The molecule has 0 N–H and O–H groups in total. The quantitative estimate of drug-likeness (QED) is 0.130. The molecule has 12 rings (SSSR count). The minimum atomic E-state index is -0.0752. The number of hydrogen-bond donors (Lipinski definition) is 0. The van der Waals surface area contributed by atoms with E-state index in [1.165, 1.54) is 111 Å². The fourth-order valence-electron chi connectivity index (χ4n) is 15.0. The van der Waals surface area contributed by atoms with Crippen LogP contribution in [-0.2, 0) is 37.9 Å². The van der Waals surface area contributed by atoms with E-state index in [4.69, 9.17) is 15.0 Å². The highest BCUT2D eigenvalue weighted by Crippen LogP contribution is 2.55. The van der Waals surface area contributed by atoms with Gasteiger partial charge < -0.3 is 0 Å². The molecule has 1 aliphatic rings. The highest BCUT2D eigenvalue weighted by Gasteiger charge is 2.36. The van der Waals surface area contributed by atoms with Crippen LogP contribution in [0.5, 0.6) is 0 Å². The number of hydrogen-bond acceptors (Lipinski definition) is 3. The molecule has 1 saturated carbocycles. The first-order valence-corrected chi connectivity index (χ1v) is 36.9. The van der Waals surface area contributed by atoms with Crippen molar-refractivity contribution in [1.29, 1.82) is 0 Å². The molecular weight excluding hydrogens is 1210 g/mol. The Morgan fingerprint density at radius 3 is 0.800 bits per heavy atom. The maximum Gasteiger partial charge on any atom is 0.0705 e. The highest BCUT2D eigenvalue weighted by molar-refractivity contribution is 5.91. The first kappa shape index (κ1) is 71.1. The Balaban J connectivity index is 1.06. The Morgan fingerprint density at radius 1 is 0.210 bits per heavy atom. The van der Waals surface area contributed by atoms with Crippen molar-refractivity contribution < 1.29 is 0 Å². The lowest BCUT2D eigenvalue weighted by atomic mass is 9.66. The van der Waals surface area contributed by atoms with Gasteiger partial charge in [-0.3, -0.25) is 15.0 Å². The molecule has 0 amide bonds. The van der Waals surface area contributed by atoms with Crippen LogP contribution in [0.2, 0.25) is 0 Å². The molecule has 0 bridgehead atoms. The van der Waals surface area contributed by atoms with Gasteiger partial charge in [0.2, 0.25) is 0 Å². The van der Waals surface area contributed by atoms with Crippen LogP contribution in [0.3, 0.4) is 0 Å². The van der Waals surface area contributed by atoms with Gasteiger partial charge in [-0.25, -0.2) is 0 Å². The van der Waals surface area contributed by atoms with E-state index in [9.17, 15) is 0 Å². The zero-order valence-corrected chi connectivity index (χ0v) is 64.1. The van der Waals surface area contributed by atoms with Gasteiger partial charge in [0.15, 0.2) is 0 Å². The summed E-state index contributed by atoms with van der Waals surface area (Å²) in [6.07, 6.45) is 8.93. The third kappa shape index (κ3) is 15.4. The Kier molecular flexibility index (Phi) is 19.1. The second-order valence-corrected chi connectivity index (χ2v) is 36.3. The molecule has 0 radical (unpaired) electrons. The summed E-state index contributed by atoms with van der Waals surface area (Å²) in [5.74, 6) is 0.593. The van der Waals surface area contributed by atoms with Crippen LogP contribution in [0, 0.1) is 0 Å². The van der Waals surface area contributed by atoms with E-state index in [1.54, 1.807) is 0 Å². The van der Waals surface area contributed by atoms with Crippen LogP contribution in [0.4, 0.5) is 0 Å². The van der Waals surface area contributed by atoms with Gasteiger partial charge in [0.1, 0.15) is 0 Å². The summed E-state index contributed by atoms with van der Waals surface area (Å²) in [7, 11) is 0. The predicted octanol–water partition coefficient (Wildman–Crippen LogP) is 27.1. The molecule has 3 heterocycles. The Hall–Kier alpha value is -8.79. The smallest absolute Gasteiger partial charge is 0.0705 e. The number of rotatable bonds is 11. The Morgan fingerprint density at radius 2 is 0.480 bits per heavy atom. The molecule has 512 valence electrons. The normalized spacial score (nSPS) is 15.8. The second kappa shape index (κ2) is 27.0. The molecule has 2 unspecified atom stereocenters. The molecule has 2 atom stereocenters. The van der Waals surface area contributed by atoms with E-state index in [0.717, 1.165) is 53.0 Å². The van der Waals surface area contributed by atoms with Crippen molar-refractivity contribution in [2.75, 3.05) is 0 Å². The standard InChI is InChI=1S/C97H109N3/c1-91(2,3)71-42-45-98-88(59-71)63-36-34-62(35-37-63)78-28-22-23-29-79(78)66-48-67(80-30-24-26-32-82(80)84-40-38-64(89-60-72(43-46-99-89)92(4,5)6)55-86(84)69-51-74(94(10,11)12)57-75(52-69)95(13,14)15)50-68(49-66)81-31-25-27-33-83(81)85-41-39-65(90-61-73(44-47-100-90)93(7,8)9)56-87(85)70-53-76(96(16,17)18)58-77(54-70)97(19,20)21/h22-47,51-61,66-68H,48-50H2,1-21H3. The van der Waals surface area contributed by atoms with Gasteiger partial charge in [0, 0.05) is 35.3 Å². The van der Waals surface area contributed by atoms with Crippen molar-refractivity contribution in [3.05, 3.63) is 280 Å². The van der Waals surface area contributed by atoms with Gasteiger partial charge in [-0.1, -0.05) is 303 Å². The molecule has 0 aliphatic heterocycles. The summed E-state index contributed by atoms with van der Waals surface area (Å²) < 4.78 is 0. The predicted molar refractivity (Wildman–Crippen MR) is 429 cm³/mol. The molecule has 11 aromatic rings. The minimum Gasteiger partial charge on any atom is -0.256 e. The molecule has 3 aromatic heterocycles. The lowest BCUT2D eigenvalue weighted by molar-refractivity contribution is 0.353. The number of nitrogens with zero attached hydrogens (tertiary/aromatic N) is 3. The number of aromatic nitrogens is 3. The fraction of sp³-hybridized carbons (Fsp3) is 0.351. The third-order valence-electron chi connectivity index (χ3n) is 21.4. The molecular formula is C97H109N3. The topological polar surface area (TPSA) is 38.7 Å². The van der Waals surface area contributed by atoms with E-state index < -0.39 is 0 Å². The molecule has 3 heteroatoms. The molecule has 3 nitrogen and oxygen atoms in total. The Labute approximate surface area is 601 Å². The average Bonchev–Trinajstić information content (AvgIpc) is 0.760. The molecule has 0 spiro atoms. The second-order valence-electron chi connectivity index (χ2n) is 36.3. The highest BCUT2D eigenvalue weighted by atomic mass is 14.7. The number of pyridine rings is 3. The van der Waals surface area contributed by atoms with E-state index >= 15 is 0 Å². The van der Waals surface area contributed by atoms with E-state index in [2.05, 4.69) is 352 Å². The molecule has 1 aliphatic carbocycles. The molecule has 1 fully saturated rings. The first-order valence-electron chi connectivity index (χ1n) is 36.9. The molecule has 0 saturated heterocycles. The maximum absolute atomic E-state index is 5.10. The summed E-state index contributed by atoms with van der Waals surface area (Å²) in [5.41, 5.74) is 31.9. The zero-order chi connectivity index (χ0) is 71.6. The van der Waals surface area contributed by atoms with Crippen molar-refractivity contribution in [3.63, 3.8) is 0 Å². The summed E-state index contributed by atoms with van der Waals surface area (Å²) in [5, 5.41) is 0. The molecule has 8 aromatic carbocycles. The minimum absolute atomic E-state index is 0.0171. The fourth-order valence-corrected chi connectivity index (χ4v) is 15.0. The van der Waals surface area contributed by atoms with Crippen molar-refractivity contribution in [2.24, 2.45) is 0 Å². The lowest BCUT2D eigenvalue weighted by Gasteiger charge is -2.38. The lowest BCUT2D eigenvalue weighted by Crippen LogP contribution is -2.21. The summed E-state index contributed by atoms with van der Waals surface area (Å²) in [6, 6.07) is 80.2. The van der Waals surface area contributed by atoms with Crippen molar-refractivity contribution in [2.45, 2.75) is 220 Å². The van der Waals surface area contributed by atoms with Gasteiger partial charge in [-0.15, -0.1) is 0 Å². The van der Waals surface area contributed by atoms with Crippen LogP contribution < -0.4 is 0 Å². The molecule has 100 heavy (non-hydrogen) atoms.